The molecule has 0 saturated heterocycles. The van der Waals surface area contributed by atoms with Crippen molar-refractivity contribution >= 4 is 33.0 Å². The van der Waals surface area contributed by atoms with E-state index in [9.17, 15) is 22.8 Å². The minimum absolute atomic E-state index is 0.0708. The molecule has 0 spiro atoms. The summed E-state index contributed by atoms with van der Waals surface area (Å²) in [4.78, 5) is 35.8. The Balaban J connectivity index is 1.85. The molecule has 0 unspecified atom stereocenters. The highest BCUT2D eigenvalue weighted by atomic mass is 32.2. The van der Waals surface area contributed by atoms with E-state index in [1.807, 2.05) is 4.72 Å². The minimum atomic E-state index is -4.07. The molecule has 0 atom stereocenters. The molecule has 3 aromatic rings. The van der Waals surface area contributed by atoms with E-state index in [1.54, 1.807) is 19.1 Å². The number of nitrogens with zero attached hydrogens (tertiary/aromatic N) is 1. The molecule has 1 amide bonds. The van der Waals surface area contributed by atoms with Crippen LogP contribution in [0, 0.1) is 6.92 Å². The van der Waals surface area contributed by atoms with E-state index < -0.39 is 34.2 Å². The van der Waals surface area contributed by atoms with Gasteiger partial charge in [-0.2, -0.15) is 0 Å². The van der Waals surface area contributed by atoms with E-state index in [0.717, 1.165) is 10.1 Å². The molecule has 9 nitrogen and oxygen atoms in total. The molecular weight excluding hydrogens is 388 g/mol. The Bertz CT molecular complexity index is 1220. The van der Waals surface area contributed by atoms with Crippen molar-refractivity contribution in [2.24, 2.45) is 0 Å². The van der Waals surface area contributed by atoms with Crippen LogP contribution in [0.3, 0.4) is 0 Å². The van der Waals surface area contributed by atoms with Crippen molar-refractivity contribution in [3.63, 3.8) is 0 Å². The Labute approximate surface area is 159 Å². The SMILES string of the molecule is COC(=O)c1ccc2c(c1)oc(=O)n2CC(=O)NS(=O)(=O)c1ccc(C)cc1. The predicted octanol–water partition coefficient (Wildman–Crippen LogP) is 1.19. The van der Waals surface area contributed by atoms with E-state index >= 15 is 0 Å². The Morgan fingerprint density at radius 3 is 2.46 bits per heavy atom. The van der Waals surface area contributed by atoms with Gasteiger partial charge >= 0.3 is 11.7 Å². The summed E-state index contributed by atoms with van der Waals surface area (Å²) < 4.78 is 37.1. The average Bonchev–Trinajstić information content (AvgIpc) is 2.95. The van der Waals surface area contributed by atoms with Gasteiger partial charge < -0.3 is 9.15 Å². The highest BCUT2D eigenvalue weighted by Crippen LogP contribution is 2.16. The first-order chi connectivity index (χ1) is 13.2. The van der Waals surface area contributed by atoms with Gasteiger partial charge in [0.1, 0.15) is 6.54 Å². The molecular formula is C18H16N2O7S. The summed E-state index contributed by atoms with van der Waals surface area (Å²) in [6, 6.07) is 10.1. The first-order valence-electron chi connectivity index (χ1n) is 8.05. The van der Waals surface area contributed by atoms with Crippen molar-refractivity contribution in [3.8, 4) is 0 Å². The van der Waals surface area contributed by atoms with Gasteiger partial charge in [0.15, 0.2) is 5.58 Å². The monoisotopic (exact) mass is 404 g/mol. The second kappa shape index (κ2) is 7.31. The van der Waals surface area contributed by atoms with Crippen LogP contribution in [-0.4, -0.2) is 32.0 Å². The van der Waals surface area contributed by atoms with Gasteiger partial charge in [-0.25, -0.2) is 22.7 Å². The molecule has 0 aliphatic heterocycles. The van der Waals surface area contributed by atoms with Crippen LogP contribution in [-0.2, 0) is 26.1 Å². The number of aromatic nitrogens is 1. The molecule has 0 aliphatic carbocycles. The van der Waals surface area contributed by atoms with E-state index in [2.05, 4.69) is 4.74 Å². The Hall–Kier alpha value is -3.40. The number of sulfonamides is 1. The molecule has 0 saturated carbocycles. The maximum absolute atomic E-state index is 12.3. The van der Waals surface area contributed by atoms with E-state index in [1.165, 1.54) is 37.4 Å². The van der Waals surface area contributed by atoms with E-state index in [4.69, 9.17) is 4.42 Å². The predicted molar refractivity (Wildman–Crippen MR) is 98.3 cm³/mol. The highest BCUT2D eigenvalue weighted by molar-refractivity contribution is 7.90. The number of benzene rings is 2. The topological polar surface area (TPSA) is 125 Å². The zero-order chi connectivity index (χ0) is 20.5. The average molecular weight is 404 g/mol. The molecule has 1 aromatic heterocycles. The van der Waals surface area contributed by atoms with Crippen molar-refractivity contribution < 1.29 is 27.2 Å². The Kier molecular flexibility index (Phi) is 5.06. The van der Waals surface area contributed by atoms with Crippen LogP contribution < -0.4 is 10.5 Å². The van der Waals surface area contributed by atoms with Crippen molar-refractivity contribution in [2.45, 2.75) is 18.4 Å². The molecule has 0 radical (unpaired) electrons. The Morgan fingerprint density at radius 2 is 1.82 bits per heavy atom. The van der Waals surface area contributed by atoms with Crippen LogP contribution in [0.5, 0.6) is 0 Å². The number of oxazole rings is 1. The quantitative estimate of drug-likeness (QED) is 0.633. The first-order valence-corrected chi connectivity index (χ1v) is 9.53. The standard InChI is InChI=1S/C18H16N2O7S/c1-11-3-6-13(7-4-11)28(24,25)19-16(21)10-20-14-8-5-12(17(22)26-2)9-15(14)27-18(20)23/h3-9H,10H2,1-2H3,(H,19,21). The number of amides is 1. The Morgan fingerprint density at radius 1 is 1.14 bits per heavy atom. The van der Waals surface area contributed by atoms with Gasteiger partial charge in [0.25, 0.3) is 15.9 Å². The van der Waals surface area contributed by atoms with Crippen LogP contribution in [0.1, 0.15) is 15.9 Å². The van der Waals surface area contributed by atoms with Crippen molar-refractivity contribution in [1.82, 2.24) is 9.29 Å². The number of carbonyl (C=O) groups is 2. The van der Waals surface area contributed by atoms with Gasteiger partial charge in [-0.1, -0.05) is 17.7 Å². The molecule has 1 N–H and O–H groups in total. The number of methoxy groups -OCH3 is 1. The number of aryl methyl sites for hydroxylation is 1. The van der Waals surface area contributed by atoms with Crippen LogP contribution in [0.25, 0.3) is 11.1 Å². The van der Waals surface area contributed by atoms with Gasteiger partial charge in [0.2, 0.25) is 0 Å². The zero-order valence-electron chi connectivity index (χ0n) is 15.0. The van der Waals surface area contributed by atoms with Gasteiger partial charge in [0, 0.05) is 0 Å². The summed E-state index contributed by atoms with van der Waals surface area (Å²) >= 11 is 0. The van der Waals surface area contributed by atoms with Crippen LogP contribution >= 0.6 is 0 Å². The lowest BCUT2D eigenvalue weighted by atomic mass is 10.2. The minimum Gasteiger partial charge on any atom is -0.465 e. The molecule has 0 aliphatic rings. The van der Waals surface area contributed by atoms with Crippen LogP contribution in [0.2, 0.25) is 0 Å². The first kappa shape index (κ1) is 19.4. The molecule has 28 heavy (non-hydrogen) atoms. The van der Waals surface area contributed by atoms with Gasteiger partial charge in [-0.15, -0.1) is 0 Å². The lowest BCUT2D eigenvalue weighted by molar-refractivity contribution is -0.119. The number of esters is 1. The van der Waals surface area contributed by atoms with E-state index in [-0.39, 0.29) is 21.6 Å². The van der Waals surface area contributed by atoms with Gasteiger partial charge in [0.05, 0.1) is 23.1 Å². The van der Waals surface area contributed by atoms with E-state index in [0.29, 0.717) is 0 Å². The third kappa shape index (κ3) is 3.81. The lowest BCUT2D eigenvalue weighted by Crippen LogP contribution is -2.35. The molecule has 3 rings (SSSR count). The largest absolute Gasteiger partial charge is 0.465 e. The third-order valence-electron chi connectivity index (χ3n) is 3.97. The van der Waals surface area contributed by atoms with Crippen molar-refractivity contribution in [3.05, 3.63) is 64.1 Å². The van der Waals surface area contributed by atoms with Crippen LogP contribution in [0.15, 0.2) is 56.6 Å². The number of ether oxygens (including phenoxy) is 1. The third-order valence-corrected chi connectivity index (χ3v) is 5.36. The molecule has 146 valence electrons. The smallest absolute Gasteiger partial charge is 0.420 e. The number of hydrogen-bond acceptors (Lipinski definition) is 7. The second-order valence-electron chi connectivity index (χ2n) is 5.97. The summed E-state index contributed by atoms with van der Waals surface area (Å²) in [5, 5.41) is 0. The van der Waals surface area contributed by atoms with Crippen molar-refractivity contribution in [1.29, 1.82) is 0 Å². The summed E-state index contributed by atoms with van der Waals surface area (Å²) in [5.41, 5.74) is 1.35. The molecule has 2 aromatic carbocycles. The summed E-state index contributed by atoms with van der Waals surface area (Å²) in [6.45, 7) is 1.23. The maximum atomic E-state index is 12.3. The molecule has 0 bridgehead atoms. The lowest BCUT2D eigenvalue weighted by Gasteiger charge is -2.07. The van der Waals surface area contributed by atoms with Gasteiger partial charge in [-0.3, -0.25) is 9.36 Å². The number of rotatable bonds is 5. The molecule has 0 fully saturated rings. The highest BCUT2D eigenvalue weighted by Gasteiger charge is 2.20. The fraction of sp³-hybridized carbons (Fsp3) is 0.167. The fourth-order valence-electron chi connectivity index (χ4n) is 2.56. The van der Waals surface area contributed by atoms with Crippen molar-refractivity contribution in [2.75, 3.05) is 7.11 Å². The maximum Gasteiger partial charge on any atom is 0.420 e. The fourth-order valence-corrected chi connectivity index (χ4v) is 3.54. The number of fused-ring (bicyclic) bond motifs is 1. The number of hydrogen-bond donors (Lipinski definition) is 1. The summed E-state index contributed by atoms with van der Waals surface area (Å²) in [6.07, 6.45) is 0. The summed E-state index contributed by atoms with van der Waals surface area (Å²) in [7, 11) is -2.86. The number of nitrogens with one attached hydrogen (secondary N) is 1. The normalized spacial score (nSPS) is 11.4. The van der Waals surface area contributed by atoms with Gasteiger partial charge in [-0.05, 0) is 37.3 Å². The van der Waals surface area contributed by atoms with Crippen LogP contribution in [0.4, 0.5) is 0 Å². The summed E-state index contributed by atoms with van der Waals surface area (Å²) in [5.74, 6) is -2.39. The second-order valence-corrected chi connectivity index (χ2v) is 7.65. The number of carbonyl (C=O) groups excluding carboxylic acids is 2. The molecule has 1 heterocycles. The molecule has 10 heteroatoms. The zero-order valence-corrected chi connectivity index (χ0v) is 15.8.